The van der Waals surface area contributed by atoms with Crippen LogP contribution in [0.25, 0.3) is 16.7 Å². The van der Waals surface area contributed by atoms with Gasteiger partial charge >= 0.3 is 0 Å². The average molecular weight is 334 g/mol. The summed E-state index contributed by atoms with van der Waals surface area (Å²) in [6, 6.07) is 14.2. The number of likely N-dealkylation sites (N-methyl/N-ethyl adjacent to an activating group) is 1. The van der Waals surface area contributed by atoms with Crippen molar-refractivity contribution in [1.82, 2.24) is 14.5 Å². The Kier molecular flexibility index (Phi) is 4.24. The second kappa shape index (κ2) is 6.69. The molecule has 2 heterocycles. The second-order valence-electron chi connectivity index (χ2n) is 6.42. The lowest BCUT2D eigenvalue weighted by molar-refractivity contribution is 0.112. The molecule has 3 aromatic rings. The molecule has 128 valence electrons. The van der Waals surface area contributed by atoms with Crippen LogP contribution in [0, 0.1) is 0 Å². The third kappa shape index (κ3) is 3.03. The summed E-state index contributed by atoms with van der Waals surface area (Å²) >= 11 is 0. The molecule has 0 unspecified atom stereocenters. The quantitative estimate of drug-likeness (QED) is 0.688. The lowest BCUT2D eigenvalue weighted by Crippen LogP contribution is -2.46. The summed E-state index contributed by atoms with van der Waals surface area (Å²) in [7, 11) is 0. The fourth-order valence-electron chi connectivity index (χ4n) is 3.45. The number of benzene rings is 2. The number of rotatable bonds is 4. The molecule has 0 bridgehead atoms. The third-order valence-electron chi connectivity index (χ3n) is 5.02. The summed E-state index contributed by atoms with van der Waals surface area (Å²) in [5.41, 5.74) is 4.83. The number of imidazole rings is 1. The van der Waals surface area contributed by atoms with Gasteiger partial charge in [0.15, 0.2) is 0 Å². The largest absolute Gasteiger partial charge is 0.369 e. The molecule has 0 saturated carbocycles. The first-order chi connectivity index (χ1) is 12.3. The van der Waals surface area contributed by atoms with Gasteiger partial charge in [0.1, 0.15) is 12.6 Å². The van der Waals surface area contributed by atoms with E-state index < -0.39 is 0 Å². The summed E-state index contributed by atoms with van der Waals surface area (Å²) in [5, 5.41) is 0. The van der Waals surface area contributed by atoms with Crippen molar-refractivity contribution in [3.05, 3.63) is 54.4 Å². The molecule has 5 nitrogen and oxygen atoms in total. The van der Waals surface area contributed by atoms with Gasteiger partial charge < -0.3 is 9.80 Å². The van der Waals surface area contributed by atoms with E-state index in [0.717, 1.165) is 55.7 Å². The number of carbonyl (C=O) groups is 1. The molecule has 1 aromatic heterocycles. The number of aromatic nitrogens is 2. The Hall–Kier alpha value is -2.66. The van der Waals surface area contributed by atoms with Crippen LogP contribution in [0.2, 0.25) is 0 Å². The molecule has 0 N–H and O–H groups in total. The van der Waals surface area contributed by atoms with Gasteiger partial charge in [0.25, 0.3) is 0 Å². The molecule has 1 fully saturated rings. The zero-order chi connectivity index (χ0) is 17.2. The highest BCUT2D eigenvalue weighted by atomic mass is 16.1. The number of carbonyl (C=O) groups excluding carboxylic acids is 1. The van der Waals surface area contributed by atoms with Gasteiger partial charge in [-0.1, -0.05) is 6.92 Å². The zero-order valence-corrected chi connectivity index (χ0v) is 14.4. The Morgan fingerprint density at radius 3 is 2.40 bits per heavy atom. The average Bonchev–Trinajstić information content (AvgIpc) is 3.11. The Bertz CT molecular complexity index is 876. The number of hydrogen-bond donors (Lipinski definition) is 0. The third-order valence-corrected chi connectivity index (χ3v) is 5.02. The van der Waals surface area contributed by atoms with Crippen LogP contribution in [0.5, 0.6) is 0 Å². The molecule has 25 heavy (non-hydrogen) atoms. The minimum atomic E-state index is 0.666. The highest BCUT2D eigenvalue weighted by Crippen LogP contribution is 2.23. The van der Waals surface area contributed by atoms with Gasteiger partial charge in [0.05, 0.1) is 11.0 Å². The standard InChI is InChI=1S/C20H22N4O/c1-2-22-9-11-23(12-10-22)17-4-6-18(7-5-17)24-15-21-19-8-3-16(14-25)13-20(19)24/h3-8,13-15H,2,9-12H2,1H3. The van der Waals surface area contributed by atoms with Crippen LogP contribution in [-0.4, -0.2) is 53.5 Å². The molecule has 2 aromatic carbocycles. The van der Waals surface area contributed by atoms with Gasteiger partial charge in [-0.2, -0.15) is 0 Å². The molecule has 0 spiro atoms. The number of nitrogens with zero attached hydrogens (tertiary/aromatic N) is 4. The number of anilines is 1. The maximum absolute atomic E-state index is 11.0. The van der Waals surface area contributed by atoms with E-state index >= 15 is 0 Å². The van der Waals surface area contributed by atoms with Gasteiger partial charge in [-0.3, -0.25) is 9.36 Å². The zero-order valence-electron chi connectivity index (χ0n) is 14.4. The Labute approximate surface area is 147 Å². The Balaban J connectivity index is 1.59. The van der Waals surface area contributed by atoms with Crippen LogP contribution in [0.4, 0.5) is 5.69 Å². The van der Waals surface area contributed by atoms with E-state index in [1.807, 2.05) is 23.0 Å². The maximum atomic E-state index is 11.0. The highest BCUT2D eigenvalue weighted by molar-refractivity contribution is 5.86. The minimum absolute atomic E-state index is 0.666. The van der Waals surface area contributed by atoms with Crippen LogP contribution in [0.1, 0.15) is 17.3 Å². The van der Waals surface area contributed by atoms with Crippen molar-refractivity contribution in [2.45, 2.75) is 6.92 Å². The number of hydrogen-bond acceptors (Lipinski definition) is 4. The van der Waals surface area contributed by atoms with Crippen LogP contribution >= 0.6 is 0 Å². The van der Waals surface area contributed by atoms with Gasteiger partial charge in [0.2, 0.25) is 0 Å². The first kappa shape index (κ1) is 15.8. The fraction of sp³-hybridized carbons (Fsp3) is 0.300. The Morgan fingerprint density at radius 1 is 1.00 bits per heavy atom. The van der Waals surface area contributed by atoms with E-state index in [4.69, 9.17) is 0 Å². The highest BCUT2D eigenvalue weighted by Gasteiger charge is 2.15. The number of piperazine rings is 1. The molecule has 5 heteroatoms. The van der Waals surface area contributed by atoms with Crippen LogP contribution in [0.3, 0.4) is 0 Å². The van der Waals surface area contributed by atoms with Gasteiger partial charge in [0, 0.05) is 43.1 Å². The maximum Gasteiger partial charge on any atom is 0.150 e. The summed E-state index contributed by atoms with van der Waals surface area (Å²) in [4.78, 5) is 20.4. The van der Waals surface area contributed by atoms with Crippen LogP contribution in [-0.2, 0) is 0 Å². The smallest absolute Gasteiger partial charge is 0.150 e. The number of aldehydes is 1. The van der Waals surface area contributed by atoms with Crippen molar-refractivity contribution in [3.8, 4) is 5.69 Å². The molecule has 0 atom stereocenters. The fourth-order valence-corrected chi connectivity index (χ4v) is 3.45. The topological polar surface area (TPSA) is 41.4 Å². The first-order valence-electron chi connectivity index (χ1n) is 8.78. The lowest BCUT2D eigenvalue weighted by atomic mass is 10.2. The van der Waals surface area contributed by atoms with E-state index in [0.29, 0.717) is 5.56 Å². The van der Waals surface area contributed by atoms with E-state index in [-0.39, 0.29) is 0 Å². The number of fused-ring (bicyclic) bond motifs is 1. The van der Waals surface area contributed by atoms with Crippen molar-refractivity contribution in [1.29, 1.82) is 0 Å². The van der Waals surface area contributed by atoms with E-state index in [1.54, 1.807) is 6.07 Å². The second-order valence-corrected chi connectivity index (χ2v) is 6.42. The van der Waals surface area contributed by atoms with E-state index in [9.17, 15) is 4.79 Å². The van der Waals surface area contributed by atoms with E-state index in [2.05, 4.69) is 46.0 Å². The molecule has 1 aliphatic rings. The van der Waals surface area contributed by atoms with Crippen molar-refractivity contribution < 1.29 is 4.79 Å². The van der Waals surface area contributed by atoms with Gasteiger partial charge in [-0.15, -0.1) is 0 Å². The van der Waals surface area contributed by atoms with Crippen molar-refractivity contribution in [3.63, 3.8) is 0 Å². The molecular weight excluding hydrogens is 312 g/mol. The molecule has 0 amide bonds. The lowest BCUT2D eigenvalue weighted by Gasteiger charge is -2.35. The molecule has 4 rings (SSSR count). The first-order valence-corrected chi connectivity index (χ1v) is 8.78. The van der Waals surface area contributed by atoms with Gasteiger partial charge in [-0.25, -0.2) is 4.98 Å². The molecule has 1 aliphatic heterocycles. The predicted molar refractivity (Wildman–Crippen MR) is 101 cm³/mol. The van der Waals surface area contributed by atoms with E-state index in [1.165, 1.54) is 5.69 Å². The van der Waals surface area contributed by atoms with Crippen LogP contribution in [0.15, 0.2) is 48.8 Å². The minimum Gasteiger partial charge on any atom is -0.369 e. The van der Waals surface area contributed by atoms with Gasteiger partial charge in [-0.05, 0) is 49.0 Å². The Morgan fingerprint density at radius 2 is 1.72 bits per heavy atom. The predicted octanol–water partition coefficient (Wildman–Crippen LogP) is 2.98. The van der Waals surface area contributed by atoms with Crippen molar-refractivity contribution in [2.75, 3.05) is 37.6 Å². The molecular formula is C20H22N4O. The monoisotopic (exact) mass is 334 g/mol. The van der Waals surface area contributed by atoms with Crippen LogP contribution < -0.4 is 4.90 Å². The SMILES string of the molecule is CCN1CCN(c2ccc(-n3cnc4ccc(C=O)cc43)cc2)CC1. The van der Waals surface area contributed by atoms with Crippen molar-refractivity contribution in [2.24, 2.45) is 0 Å². The molecule has 0 aliphatic carbocycles. The normalized spacial score (nSPS) is 15.6. The molecule has 1 saturated heterocycles. The summed E-state index contributed by atoms with van der Waals surface area (Å²) in [6.45, 7) is 7.74. The molecule has 0 radical (unpaired) electrons. The summed E-state index contributed by atoms with van der Waals surface area (Å²) in [6.07, 6.45) is 2.68. The summed E-state index contributed by atoms with van der Waals surface area (Å²) in [5.74, 6) is 0. The van der Waals surface area contributed by atoms with Crippen molar-refractivity contribution >= 4 is 23.0 Å². The summed E-state index contributed by atoms with van der Waals surface area (Å²) < 4.78 is 2.03.